The molecule has 5 rings (SSSR count). The Hall–Kier alpha value is -3.16. The molecule has 1 amide bonds. The largest absolute Gasteiger partial charge is 0.497 e. The minimum Gasteiger partial charge on any atom is -0.497 e. The lowest BCUT2D eigenvalue weighted by Crippen LogP contribution is -2.36. The van der Waals surface area contributed by atoms with Crippen molar-refractivity contribution in [2.45, 2.75) is 31.8 Å². The number of sulfonamides is 1. The molecule has 6 nitrogen and oxygen atoms in total. The second-order valence-corrected chi connectivity index (χ2v) is 11.4. The molecule has 1 N–H and O–H groups in total. The van der Waals surface area contributed by atoms with Crippen LogP contribution in [-0.4, -0.2) is 38.5 Å². The molecule has 35 heavy (non-hydrogen) atoms. The van der Waals surface area contributed by atoms with Crippen molar-refractivity contribution in [1.82, 2.24) is 9.62 Å². The zero-order valence-electron chi connectivity index (χ0n) is 20.0. The molecule has 2 aliphatic rings. The van der Waals surface area contributed by atoms with Crippen LogP contribution in [0.3, 0.4) is 0 Å². The normalized spacial score (nSPS) is 19.6. The Labute approximate surface area is 207 Å². The van der Waals surface area contributed by atoms with Crippen LogP contribution in [0.4, 0.5) is 0 Å². The van der Waals surface area contributed by atoms with Gasteiger partial charge in [-0.2, -0.15) is 4.31 Å². The van der Waals surface area contributed by atoms with E-state index in [4.69, 9.17) is 4.74 Å². The molecule has 182 valence electrons. The molecule has 3 aromatic rings. The molecule has 1 saturated carbocycles. The van der Waals surface area contributed by atoms with Gasteiger partial charge >= 0.3 is 0 Å². The number of benzene rings is 3. The van der Waals surface area contributed by atoms with Crippen molar-refractivity contribution in [2.75, 3.05) is 19.9 Å². The van der Waals surface area contributed by atoms with Gasteiger partial charge in [0, 0.05) is 25.6 Å². The molecular weight excluding hydrogens is 460 g/mol. The topological polar surface area (TPSA) is 75.7 Å². The Kier molecular flexibility index (Phi) is 6.38. The molecule has 0 saturated heterocycles. The van der Waals surface area contributed by atoms with Crippen molar-refractivity contribution >= 4 is 15.9 Å². The first-order valence-corrected chi connectivity index (χ1v) is 13.8. The van der Waals surface area contributed by atoms with E-state index in [1.807, 2.05) is 48.5 Å². The highest BCUT2D eigenvalue weighted by Gasteiger charge is 2.43. The first kappa shape index (κ1) is 23.6. The predicted octanol–water partition coefficient (Wildman–Crippen LogP) is 4.10. The van der Waals surface area contributed by atoms with Crippen LogP contribution in [0.15, 0.2) is 66.7 Å². The summed E-state index contributed by atoms with van der Waals surface area (Å²) < 4.78 is 31.6. The van der Waals surface area contributed by atoms with Gasteiger partial charge in [-0.05, 0) is 64.3 Å². The van der Waals surface area contributed by atoms with Crippen LogP contribution < -0.4 is 10.1 Å². The van der Waals surface area contributed by atoms with Crippen molar-refractivity contribution in [2.24, 2.45) is 5.92 Å². The van der Waals surface area contributed by atoms with Crippen LogP contribution in [0.25, 0.3) is 11.1 Å². The van der Waals surface area contributed by atoms with Gasteiger partial charge < -0.3 is 10.1 Å². The Morgan fingerprint density at radius 2 is 1.86 bits per heavy atom. The molecule has 1 heterocycles. The van der Waals surface area contributed by atoms with Crippen LogP contribution in [0.1, 0.15) is 34.6 Å². The number of ether oxygens (including phenoxy) is 1. The standard InChI is InChI=1S/C28H30N2O4S/c1-34-22-10-6-9-20(15-22)23-12-11-21(27-18-30(35(2,32)33)14-13-24(23)27)17-29-28(31)26-16-25(26)19-7-4-3-5-8-19/h3-12,15,25-26H,13-14,16-18H2,1-2H3,(H,29,31)/t25-,26-/m0/s1. The molecule has 0 radical (unpaired) electrons. The lowest BCUT2D eigenvalue weighted by molar-refractivity contribution is -0.122. The van der Waals surface area contributed by atoms with Gasteiger partial charge in [0.2, 0.25) is 15.9 Å². The van der Waals surface area contributed by atoms with E-state index in [1.54, 1.807) is 7.11 Å². The highest BCUT2D eigenvalue weighted by molar-refractivity contribution is 7.88. The number of fused-ring (bicyclic) bond motifs is 1. The molecule has 0 aromatic heterocycles. The molecular formula is C28H30N2O4S. The summed E-state index contributed by atoms with van der Waals surface area (Å²) in [6, 6.07) is 22.1. The van der Waals surface area contributed by atoms with Crippen molar-refractivity contribution in [3.05, 3.63) is 89.0 Å². The van der Waals surface area contributed by atoms with Crippen LogP contribution >= 0.6 is 0 Å². The monoisotopic (exact) mass is 490 g/mol. The second-order valence-electron chi connectivity index (χ2n) is 9.39. The van der Waals surface area contributed by atoms with E-state index in [0.29, 0.717) is 26.1 Å². The fourth-order valence-corrected chi connectivity index (χ4v) is 5.88. The fraction of sp³-hybridized carbons (Fsp3) is 0.321. The third-order valence-electron chi connectivity index (χ3n) is 7.13. The zero-order chi connectivity index (χ0) is 24.6. The maximum absolute atomic E-state index is 12.9. The van der Waals surface area contributed by atoms with Gasteiger partial charge in [0.15, 0.2) is 0 Å². The van der Waals surface area contributed by atoms with E-state index in [-0.39, 0.29) is 17.7 Å². The Morgan fingerprint density at radius 1 is 1.06 bits per heavy atom. The van der Waals surface area contributed by atoms with E-state index < -0.39 is 10.0 Å². The van der Waals surface area contributed by atoms with E-state index >= 15 is 0 Å². The van der Waals surface area contributed by atoms with Crippen molar-refractivity contribution < 1.29 is 17.9 Å². The van der Waals surface area contributed by atoms with Crippen molar-refractivity contribution in [1.29, 1.82) is 0 Å². The molecule has 3 aromatic carbocycles. The number of amides is 1. The smallest absolute Gasteiger partial charge is 0.224 e. The molecule has 1 aliphatic carbocycles. The van der Waals surface area contributed by atoms with Gasteiger partial charge in [0.05, 0.1) is 13.4 Å². The van der Waals surface area contributed by atoms with Crippen molar-refractivity contribution in [3.63, 3.8) is 0 Å². The lowest BCUT2D eigenvalue weighted by Gasteiger charge is -2.30. The molecule has 1 fully saturated rings. The third kappa shape index (κ3) is 4.97. The number of hydrogen-bond donors (Lipinski definition) is 1. The maximum atomic E-state index is 12.9. The maximum Gasteiger partial charge on any atom is 0.224 e. The SMILES string of the molecule is COc1cccc(-c2ccc(CNC(=O)[C@H]3C[C@H]3c3ccccc3)c3c2CCN(S(C)(=O)=O)C3)c1. The fourth-order valence-electron chi connectivity index (χ4n) is 5.09. The molecule has 0 spiro atoms. The zero-order valence-corrected chi connectivity index (χ0v) is 20.8. The average Bonchev–Trinajstić information content (AvgIpc) is 3.68. The quantitative estimate of drug-likeness (QED) is 0.541. The van der Waals surface area contributed by atoms with Gasteiger partial charge in [-0.3, -0.25) is 4.79 Å². The number of carbonyl (C=O) groups is 1. The molecule has 1 aliphatic heterocycles. The Balaban J connectivity index is 1.40. The Bertz CT molecular complexity index is 1350. The van der Waals surface area contributed by atoms with Gasteiger partial charge in [0.25, 0.3) is 0 Å². The van der Waals surface area contributed by atoms with Crippen molar-refractivity contribution in [3.8, 4) is 16.9 Å². The summed E-state index contributed by atoms with van der Waals surface area (Å²) >= 11 is 0. The molecule has 2 atom stereocenters. The van der Waals surface area contributed by atoms with Gasteiger partial charge in [-0.25, -0.2) is 8.42 Å². The third-order valence-corrected chi connectivity index (χ3v) is 8.38. The summed E-state index contributed by atoms with van der Waals surface area (Å²) in [5.41, 5.74) is 6.40. The van der Waals surface area contributed by atoms with E-state index in [0.717, 1.165) is 40.0 Å². The summed E-state index contributed by atoms with van der Waals surface area (Å²) in [7, 11) is -1.67. The van der Waals surface area contributed by atoms with E-state index in [1.165, 1.54) is 16.1 Å². The molecule has 0 unspecified atom stereocenters. The van der Waals surface area contributed by atoms with Gasteiger partial charge in [-0.15, -0.1) is 0 Å². The minimum atomic E-state index is -3.32. The summed E-state index contributed by atoms with van der Waals surface area (Å²) in [6.07, 6.45) is 2.74. The summed E-state index contributed by atoms with van der Waals surface area (Å²) in [4.78, 5) is 12.9. The minimum absolute atomic E-state index is 0.00296. The average molecular weight is 491 g/mol. The summed E-state index contributed by atoms with van der Waals surface area (Å²) in [5.74, 6) is 1.11. The van der Waals surface area contributed by atoms with Crippen LogP contribution in [0.2, 0.25) is 0 Å². The highest BCUT2D eigenvalue weighted by Crippen LogP contribution is 2.47. The predicted molar refractivity (Wildman–Crippen MR) is 137 cm³/mol. The number of rotatable bonds is 7. The van der Waals surface area contributed by atoms with Crippen LogP contribution in [-0.2, 0) is 34.3 Å². The molecule has 7 heteroatoms. The lowest BCUT2D eigenvalue weighted by atomic mass is 9.88. The Morgan fingerprint density at radius 3 is 2.60 bits per heavy atom. The molecule has 0 bridgehead atoms. The number of nitrogens with one attached hydrogen (secondary N) is 1. The van der Waals surface area contributed by atoms with Gasteiger partial charge in [0.1, 0.15) is 5.75 Å². The highest BCUT2D eigenvalue weighted by atomic mass is 32.2. The second kappa shape index (κ2) is 9.47. The summed E-state index contributed by atoms with van der Waals surface area (Å²) in [6.45, 7) is 1.14. The number of hydrogen-bond acceptors (Lipinski definition) is 4. The number of methoxy groups -OCH3 is 1. The number of carbonyl (C=O) groups excluding carboxylic acids is 1. The van der Waals surface area contributed by atoms with Gasteiger partial charge in [-0.1, -0.05) is 54.6 Å². The number of nitrogens with zero attached hydrogens (tertiary/aromatic N) is 1. The van der Waals surface area contributed by atoms with Crippen LogP contribution in [0, 0.1) is 5.92 Å². The first-order chi connectivity index (χ1) is 16.8. The van der Waals surface area contributed by atoms with E-state index in [2.05, 4.69) is 23.5 Å². The van der Waals surface area contributed by atoms with E-state index in [9.17, 15) is 13.2 Å². The summed E-state index contributed by atoms with van der Waals surface area (Å²) in [5, 5.41) is 3.11. The first-order valence-electron chi connectivity index (χ1n) is 11.9. The van der Waals surface area contributed by atoms with Crippen LogP contribution in [0.5, 0.6) is 5.75 Å².